The number of hydrogen-bond acceptors (Lipinski definition) is 3. The quantitative estimate of drug-likeness (QED) is 0.145. The summed E-state index contributed by atoms with van der Waals surface area (Å²) < 4.78 is 0. The number of nitrogens with two attached hydrogens (primary N) is 1. The van der Waals surface area contributed by atoms with Crippen LogP contribution >= 0.6 is 0 Å². The Morgan fingerprint density at radius 1 is 1.88 bits per heavy atom. The van der Waals surface area contributed by atoms with Gasteiger partial charge in [-0.2, -0.15) is 0 Å². The molecule has 0 aliphatic carbocycles. The van der Waals surface area contributed by atoms with Crippen LogP contribution in [-0.4, -0.2) is 32.4 Å². The molecule has 0 aromatic heterocycles. The zero-order valence-electron chi connectivity index (χ0n) is 4.50. The molecule has 0 aliphatic rings. The lowest BCUT2D eigenvalue weighted by molar-refractivity contribution is -0.109. The summed E-state index contributed by atoms with van der Waals surface area (Å²) in [6, 6.07) is 0. The minimum absolute atomic E-state index is 0.457. The fraction of sp³-hybridized carbons (Fsp3) is 0.667. The zero-order chi connectivity index (χ0) is 6.41. The second-order valence-corrected chi connectivity index (χ2v) is 1.31. The van der Waals surface area contributed by atoms with E-state index in [0.29, 0.717) is 19.5 Å². The highest BCUT2D eigenvalue weighted by molar-refractivity contribution is 6.03. The summed E-state index contributed by atoms with van der Waals surface area (Å²) >= 11 is 0. The lowest BCUT2D eigenvalue weighted by Crippen LogP contribution is -2.34. The molecule has 4 nitrogen and oxygen atoms in total. The van der Waals surface area contributed by atoms with Gasteiger partial charge in [0.15, 0.2) is 0 Å². The minimum atomic E-state index is 0.457. The predicted octanol–water partition coefficient (Wildman–Crippen LogP) is -2.01. The Labute approximate surface area is 49.4 Å². The van der Waals surface area contributed by atoms with Gasteiger partial charge in [-0.1, -0.05) is 0 Å². The molecule has 0 heterocycles. The van der Waals surface area contributed by atoms with Crippen LogP contribution in [0.25, 0.3) is 0 Å². The van der Waals surface area contributed by atoms with E-state index in [1.807, 2.05) is 0 Å². The highest BCUT2D eigenvalue weighted by Gasteiger charge is 1.85. The average molecular weight is 113 g/mol. The van der Waals surface area contributed by atoms with Gasteiger partial charge in [0, 0.05) is 13.1 Å². The smallest absolute Gasteiger partial charge is 0.207 e. The molecular formula is C3H8BN3O. The molecule has 8 heavy (non-hydrogen) atoms. The maximum Gasteiger partial charge on any atom is 0.207 e. The van der Waals surface area contributed by atoms with Crippen LogP contribution in [0.5, 0.6) is 0 Å². The minimum Gasteiger partial charge on any atom is -0.357 e. The van der Waals surface area contributed by atoms with Crippen LogP contribution in [0, 0.1) is 0 Å². The molecule has 0 fully saturated rings. The van der Waals surface area contributed by atoms with Crippen molar-refractivity contribution < 1.29 is 4.79 Å². The lowest BCUT2D eigenvalue weighted by atomic mass is 10.4. The standard InChI is InChI=1S/C3H8BN3O/c4-7(5)2-1-6-3-8/h3H,1-2,5H2,(H,6,8). The highest BCUT2D eigenvalue weighted by Crippen LogP contribution is 1.60. The second-order valence-electron chi connectivity index (χ2n) is 1.31. The van der Waals surface area contributed by atoms with Crippen LogP contribution in [0.2, 0.25) is 0 Å². The summed E-state index contributed by atoms with van der Waals surface area (Å²) in [5.74, 6) is 4.99. The van der Waals surface area contributed by atoms with Crippen LogP contribution in [0.1, 0.15) is 0 Å². The van der Waals surface area contributed by atoms with Gasteiger partial charge >= 0.3 is 0 Å². The van der Waals surface area contributed by atoms with Crippen LogP contribution in [0.15, 0.2) is 0 Å². The molecule has 0 saturated carbocycles. The Morgan fingerprint density at radius 3 is 2.88 bits per heavy atom. The van der Waals surface area contributed by atoms with Gasteiger partial charge in [-0.05, 0) is 0 Å². The molecule has 0 aromatic carbocycles. The highest BCUT2D eigenvalue weighted by atomic mass is 16.1. The van der Waals surface area contributed by atoms with Gasteiger partial charge in [0.1, 0.15) is 0 Å². The molecule has 0 aliphatic heterocycles. The van der Waals surface area contributed by atoms with Crippen molar-refractivity contribution in [3.8, 4) is 0 Å². The summed E-state index contributed by atoms with van der Waals surface area (Å²) in [6.07, 6.45) is 0.601. The van der Waals surface area contributed by atoms with E-state index in [1.165, 1.54) is 0 Å². The fourth-order valence-electron chi connectivity index (χ4n) is 0.253. The maximum atomic E-state index is 9.58. The van der Waals surface area contributed by atoms with E-state index in [9.17, 15) is 4.79 Å². The largest absolute Gasteiger partial charge is 0.357 e. The van der Waals surface area contributed by atoms with Crippen molar-refractivity contribution in [2.75, 3.05) is 13.1 Å². The normalized spacial score (nSPS) is 9.25. The SMILES string of the molecule is [B]N(N)CCNC=O. The number of amides is 1. The number of carbonyl (C=O) groups excluding carboxylic acids is 1. The number of hydrazine groups is 1. The monoisotopic (exact) mass is 113 g/mol. The van der Waals surface area contributed by atoms with Gasteiger partial charge in [0.2, 0.25) is 14.4 Å². The summed E-state index contributed by atoms with van der Waals surface area (Å²) in [6.45, 7) is 0.940. The Hall–Kier alpha value is -0.545. The maximum absolute atomic E-state index is 9.58. The topological polar surface area (TPSA) is 58.4 Å². The third-order valence-corrected chi connectivity index (χ3v) is 0.598. The molecule has 2 radical (unpaired) electrons. The third kappa shape index (κ3) is 5.45. The number of rotatable bonds is 4. The van der Waals surface area contributed by atoms with Crippen molar-refractivity contribution in [2.24, 2.45) is 5.84 Å². The molecule has 5 heteroatoms. The summed E-state index contributed by atoms with van der Waals surface area (Å²) in [5.41, 5.74) is 0. The molecule has 0 aromatic rings. The van der Waals surface area contributed by atoms with Crippen LogP contribution < -0.4 is 11.2 Å². The van der Waals surface area contributed by atoms with Gasteiger partial charge in [-0.3, -0.25) is 15.6 Å². The van der Waals surface area contributed by atoms with E-state index in [1.54, 1.807) is 0 Å². The Balaban J connectivity index is 2.81. The van der Waals surface area contributed by atoms with E-state index in [4.69, 9.17) is 13.8 Å². The van der Waals surface area contributed by atoms with E-state index in [-0.39, 0.29) is 0 Å². The predicted molar refractivity (Wildman–Crippen MR) is 30.7 cm³/mol. The van der Waals surface area contributed by atoms with E-state index in [2.05, 4.69) is 5.32 Å². The summed E-state index contributed by atoms with van der Waals surface area (Å²) in [4.78, 5) is 10.6. The Morgan fingerprint density at radius 2 is 2.50 bits per heavy atom. The molecule has 1 amide bonds. The van der Waals surface area contributed by atoms with Crippen molar-refractivity contribution in [3.63, 3.8) is 0 Å². The molecule has 44 valence electrons. The molecule has 0 unspecified atom stereocenters. The number of nitrogens with zero attached hydrogens (tertiary/aromatic N) is 1. The Bertz CT molecular complexity index is 67.5. The first-order valence-corrected chi connectivity index (χ1v) is 2.21. The number of hydrogen-bond donors (Lipinski definition) is 2. The van der Waals surface area contributed by atoms with Crippen molar-refractivity contribution in [1.29, 1.82) is 0 Å². The van der Waals surface area contributed by atoms with Crippen molar-refractivity contribution in [1.82, 2.24) is 10.2 Å². The van der Waals surface area contributed by atoms with Gasteiger partial charge in [-0.25, -0.2) is 0 Å². The first-order valence-electron chi connectivity index (χ1n) is 2.21. The molecule has 0 bridgehead atoms. The average Bonchev–Trinajstić information content (AvgIpc) is 1.66. The fourth-order valence-corrected chi connectivity index (χ4v) is 0.253. The van der Waals surface area contributed by atoms with E-state index in [0.717, 1.165) is 4.92 Å². The zero-order valence-corrected chi connectivity index (χ0v) is 4.50. The van der Waals surface area contributed by atoms with Crippen LogP contribution in [0.4, 0.5) is 0 Å². The summed E-state index contributed by atoms with van der Waals surface area (Å²) in [7, 11) is 4.99. The van der Waals surface area contributed by atoms with Crippen molar-refractivity contribution in [2.45, 2.75) is 0 Å². The molecule has 3 N–H and O–H groups in total. The first kappa shape index (κ1) is 7.45. The molecule has 0 spiro atoms. The van der Waals surface area contributed by atoms with Crippen LogP contribution in [-0.2, 0) is 4.79 Å². The molecule has 0 atom stereocenters. The Kier molecular flexibility index (Phi) is 4.30. The van der Waals surface area contributed by atoms with Crippen molar-refractivity contribution >= 4 is 14.4 Å². The second kappa shape index (κ2) is 4.61. The first-order chi connectivity index (χ1) is 3.77. The van der Waals surface area contributed by atoms with Gasteiger partial charge in [-0.15, -0.1) is 0 Å². The molecule has 0 saturated heterocycles. The third-order valence-electron chi connectivity index (χ3n) is 0.598. The van der Waals surface area contributed by atoms with E-state index >= 15 is 0 Å². The number of nitrogens with one attached hydrogen (secondary N) is 1. The lowest BCUT2D eigenvalue weighted by Gasteiger charge is -2.07. The molecule has 0 rings (SSSR count). The summed E-state index contributed by atoms with van der Waals surface area (Å²) in [5, 5.41) is 2.40. The van der Waals surface area contributed by atoms with E-state index < -0.39 is 0 Å². The molecular weight excluding hydrogens is 105 g/mol. The number of carbonyl (C=O) groups is 1. The van der Waals surface area contributed by atoms with Gasteiger partial charge < -0.3 is 5.32 Å². The van der Waals surface area contributed by atoms with Gasteiger partial charge in [0.05, 0.1) is 0 Å². The van der Waals surface area contributed by atoms with Gasteiger partial charge in [0.25, 0.3) is 0 Å². The van der Waals surface area contributed by atoms with Crippen molar-refractivity contribution in [3.05, 3.63) is 0 Å². The van der Waals surface area contributed by atoms with Crippen LogP contribution in [0.3, 0.4) is 0 Å².